The maximum atomic E-state index is 13.7. The van der Waals surface area contributed by atoms with Crippen molar-refractivity contribution in [1.82, 2.24) is 4.98 Å². The normalized spacial score (nSPS) is 10.5. The number of rotatable bonds is 4. The molecule has 0 fully saturated rings. The third kappa shape index (κ3) is 3.68. The Kier molecular flexibility index (Phi) is 4.37. The van der Waals surface area contributed by atoms with Gasteiger partial charge in [0.05, 0.1) is 11.7 Å². The molecule has 2 rings (SSSR count). The summed E-state index contributed by atoms with van der Waals surface area (Å²) in [4.78, 5) is 16.2. The lowest BCUT2D eigenvalue weighted by Crippen LogP contribution is -2.16. The highest BCUT2D eigenvalue weighted by atomic mass is 19.1. The zero-order chi connectivity index (χ0) is 15.4. The van der Waals surface area contributed by atoms with Crippen molar-refractivity contribution in [2.45, 2.75) is 20.0 Å². The molecule has 3 N–H and O–H groups in total. The van der Waals surface area contributed by atoms with E-state index in [1.54, 1.807) is 18.3 Å². The molecule has 0 aliphatic rings. The number of amides is 1. The van der Waals surface area contributed by atoms with Crippen LogP contribution in [0.1, 0.15) is 24.2 Å². The minimum atomic E-state index is -0.678. The number of carbonyl (C=O) groups is 1. The predicted molar refractivity (Wildman–Crippen MR) is 78.8 cm³/mol. The van der Waals surface area contributed by atoms with E-state index >= 15 is 0 Å². The Labute approximate surface area is 121 Å². The van der Waals surface area contributed by atoms with Gasteiger partial charge in [0, 0.05) is 11.9 Å². The van der Waals surface area contributed by atoms with Crippen molar-refractivity contribution in [3.8, 4) is 5.88 Å². The van der Waals surface area contributed by atoms with Crippen LogP contribution in [0, 0.1) is 5.82 Å². The second kappa shape index (κ2) is 6.21. The topological polar surface area (TPSA) is 77.2 Å². The van der Waals surface area contributed by atoms with Crippen molar-refractivity contribution in [2.24, 2.45) is 0 Å². The van der Waals surface area contributed by atoms with Gasteiger partial charge in [0.15, 0.2) is 0 Å². The Balaban J connectivity index is 2.23. The van der Waals surface area contributed by atoms with Crippen molar-refractivity contribution in [3.05, 3.63) is 47.9 Å². The van der Waals surface area contributed by atoms with Gasteiger partial charge < -0.3 is 15.8 Å². The molecular formula is C15H16FN3O2. The van der Waals surface area contributed by atoms with E-state index < -0.39 is 11.7 Å². The van der Waals surface area contributed by atoms with E-state index in [1.807, 2.05) is 13.8 Å². The molecule has 0 spiro atoms. The first kappa shape index (κ1) is 14.8. The van der Waals surface area contributed by atoms with Gasteiger partial charge in [-0.3, -0.25) is 4.79 Å². The molecule has 110 valence electrons. The van der Waals surface area contributed by atoms with Crippen LogP contribution in [0.15, 0.2) is 36.5 Å². The van der Waals surface area contributed by atoms with Gasteiger partial charge in [-0.05, 0) is 44.2 Å². The van der Waals surface area contributed by atoms with Crippen LogP contribution in [-0.4, -0.2) is 17.0 Å². The summed E-state index contributed by atoms with van der Waals surface area (Å²) in [5.74, 6) is -0.978. The van der Waals surface area contributed by atoms with Gasteiger partial charge in [0.25, 0.3) is 5.91 Å². The predicted octanol–water partition coefficient (Wildman–Crippen LogP) is 2.84. The average molecular weight is 289 g/mol. The minimum absolute atomic E-state index is 0.0937. The van der Waals surface area contributed by atoms with Crippen molar-refractivity contribution in [3.63, 3.8) is 0 Å². The van der Waals surface area contributed by atoms with Crippen LogP contribution in [0.3, 0.4) is 0 Å². The number of hydrogen-bond donors (Lipinski definition) is 2. The quantitative estimate of drug-likeness (QED) is 0.848. The fraction of sp³-hybridized carbons (Fsp3) is 0.200. The lowest BCUT2D eigenvalue weighted by molar-refractivity contribution is 0.102. The zero-order valence-electron chi connectivity index (χ0n) is 11.8. The summed E-state index contributed by atoms with van der Waals surface area (Å²) in [5.41, 5.74) is 6.00. The van der Waals surface area contributed by atoms with E-state index in [-0.39, 0.29) is 23.2 Å². The number of nitrogens with one attached hydrogen (secondary N) is 1. The number of hydrogen-bond acceptors (Lipinski definition) is 4. The lowest BCUT2D eigenvalue weighted by Gasteiger charge is -2.13. The monoisotopic (exact) mass is 289 g/mol. The molecule has 0 aliphatic heterocycles. The number of nitrogens with two attached hydrogens (primary N) is 1. The Morgan fingerprint density at radius 1 is 1.38 bits per heavy atom. The van der Waals surface area contributed by atoms with E-state index in [9.17, 15) is 9.18 Å². The molecule has 1 aromatic carbocycles. The van der Waals surface area contributed by atoms with E-state index in [0.717, 1.165) is 6.07 Å². The molecule has 1 amide bonds. The van der Waals surface area contributed by atoms with Gasteiger partial charge >= 0.3 is 0 Å². The number of aromatic nitrogens is 1. The SMILES string of the molecule is CC(C)Oc1ncccc1NC(=O)c1ccc(N)cc1F. The standard InChI is InChI=1S/C15H16FN3O2/c1-9(2)21-15-13(4-3-7-18-15)19-14(20)11-6-5-10(17)8-12(11)16/h3-9H,17H2,1-2H3,(H,19,20). The minimum Gasteiger partial charge on any atom is -0.473 e. The number of anilines is 2. The summed E-state index contributed by atoms with van der Waals surface area (Å²) < 4.78 is 19.2. The van der Waals surface area contributed by atoms with Crippen LogP contribution in [-0.2, 0) is 0 Å². The van der Waals surface area contributed by atoms with Crippen LogP contribution in [0.2, 0.25) is 0 Å². The number of nitrogens with zero attached hydrogens (tertiary/aromatic N) is 1. The van der Waals surface area contributed by atoms with Crippen LogP contribution >= 0.6 is 0 Å². The fourth-order valence-electron chi connectivity index (χ4n) is 1.71. The molecule has 0 saturated heterocycles. The highest BCUT2D eigenvalue weighted by Crippen LogP contribution is 2.23. The van der Waals surface area contributed by atoms with Crippen molar-refractivity contribution < 1.29 is 13.9 Å². The first-order chi connectivity index (χ1) is 9.97. The van der Waals surface area contributed by atoms with Gasteiger partial charge in [-0.15, -0.1) is 0 Å². The molecule has 1 aromatic heterocycles. The summed E-state index contributed by atoms with van der Waals surface area (Å²) in [7, 11) is 0. The van der Waals surface area contributed by atoms with E-state index in [1.165, 1.54) is 12.1 Å². The Bertz CT molecular complexity index is 659. The van der Waals surface area contributed by atoms with Crippen LogP contribution < -0.4 is 15.8 Å². The second-order valence-electron chi connectivity index (χ2n) is 4.72. The number of carbonyl (C=O) groups excluding carboxylic acids is 1. The summed E-state index contributed by atoms with van der Waals surface area (Å²) >= 11 is 0. The summed E-state index contributed by atoms with van der Waals surface area (Å²) in [6.07, 6.45) is 1.46. The first-order valence-electron chi connectivity index (χ1n) is 6.45. The molecule has 0 unspecified atom stereocenters. The van der Waals surface area contributed by atoms with Gasteiger partial charge in [0.2, 0.25) is 5.88 Å². The van der Waals surface area contributed by atoms with Crippen LogP contribution in [0.4, 0.5) is 15.8 Å². The van der Waals surface area contributed by atoms with Crippen LogP contribution in [0.5, 0.6) is 5.88 Å². The Morgan fingerprint density at radius 2 is 2.14 bits per heavy atom. The van der Waals surface area contributed by atoms with Gasteiger partial charge in [-0.1, -0.05) is 0 Å². The summed E-state index contributed by atoms with van der Waals surface area (Å²) in [6.45, 7) is 3.69. The van der Waals surface area contributed by atoms with Crippen molar-refractivity contribution >= 4 is 17.3 Å². The highest BCUT2D eigenvalue weighted by Gasteiger charge is 2.15. The zero-order valence-corrected chi connectivity index (χ0v) is 11.8. The molecule has 6 heteroatoms. The molecule has 2 aromatic rings. The van der Waals surface area contributed by atoms with Crippen molar-refractivity contribution in [2.75, 3.05) is 11.1 Å². The third-order valence-corrected chi connectivity index (χ3v) is 2.60. The largest absolute Gasteiger partial charge is 0.473 e. The van der Waals surface area contributed by atoms with E-state index in [4.69, 9.17) is 10.5 Å². The highest BCUT2D eigenvalue weighted by molar-refractivity contribution is 6.05. The number of nitrogen functional groups attached to an aromatic ring is 1. The van der Waals surface area contributed by atoms with Gasteiger partial charge in [0.1, 0.15) is 11.5 Å². The van der Waals surface area contributed by atoms with Crippen LogP contribution in [0.25, 0.3) is 0 Å². The smallest absolute Gasteiger partial charge is 0.258 e. The average Bonchev–Trinajstić information content (AvgIpc) is 2.40. The summed E-state index contributed by atoms with van der Waals surface area (Å²) in [5, 5.41) is 2.59. The maximum absolute atomic E-state index is 13.7. The number of pyridine rings is 1. The summed E-state index contributed by atoms with van der Waals surface area (Å²) in [6, 6.07) is 7.19. The van der Waals surface area contributed by atoms with Gasteiger partial charge in [-0.2, -0.15) is 0 Å². The fourth-order valence-corrected chi connectivity index (χ4v) is 1.71. The molecule has 0 atom stereocenters. The number of ether oxygens (including phenoxy) is 1. The molecule has 5 nitrogen and oxygen atoms in total. The third-order valence-electron chi connectivity index (χ3n) is 2.60. The first-order valence-corrected chi connectivity index (χ1v) is 6.45. The number of halogens is 1. The molecule has 1 heterocycles. The van der Waals surface area contributed by atoms with Crippen molar-refractivity contribution in [1.29, 1.82) is 0 Å². The Hall–Kier alpha value is -2.63. The molecule has 21 heavy (non-hydrogen) atoms. The maximum Gasteiger partial charge on any atom is 0.258 e. The lowest BCUT2D eigenvalue weighted by atomic mass is 10.2. The molecule has 0 aliphatic carbocycles. The number of benzene rings is 1. The molecule has 0 bridgehead atoms. The van der Waals surface area contributed by atoms with Gasteiger partial charge in [-0.25, -0.2) is 9.37 Å². The van der Waals surface area contributed by atoms with E-state index in [2.05, 4.69) is 10.3 Å². The van der Waals surface area contributed by atoms with E-state index in [0.29, 0.717) is 5.69 Å². The Morgan fingerprint density at radius 3 is 2.81 bits per heavy atom. The molecule has 0 saturated carbocycles. The molecular weight excluding hydrogens is 273 g/mol. The second-order valence-corrected chi connectivity index (χ2v) is 4.72. The molecule has 0 radical (unpaired) electrons.